The summed E-state index contributed by atoms with van der Waals surface area (Å²) in [6, 6.07) is 14.1. The summed E-state index contributed by atoms with van der Waals surface area (Å²) in [5.74, 6) is 0.308. The quantitative estimate of drug-likeness (QED) is 0.171. The lowest BCUT2D eigenvalue weighted by Crippen LogP contribution is -2.29. The van der Waals surface area contributed by atoms with Crippen molar-refractivity contribution < 1.29 is 27.1 Å². The summed E-state index contributed by atoms with van der Waals surface area (Å²) in [5, 5.41) is 12.1. The van der Waals surface area contributed by atoms with Gasteiger partial charge in [0.15, 0.2) is 0 Å². The lowest BCUT2D eigenvalue weighted by atomic mass is 9.96. The summed E-state index contributed by atoms with van der Waals surface area (Å²) in [6.45, 7) is 4.48. The van der Waals surface area contributed by atoms with Crippen molar-refractivity contribution in [3.05, 3.63) is 93.4 Å². The number of esters is 1. The largest absolute Gasteiger partial charge is 0.493 e. The molecule has 0 N–H and O–H groups in total. The molecule has 0 atom stereocenters. The molecule has 8 bridgehead atoms. The van der Waals surface area contributed by atoms with Gasteiger partial charge < -0.3 is 14.0 Å². The van der Waals surface area contributed by atoms with Crippen molar-refractivity contribution in [1.29, 1.82) is 0 Å². The van der Waals surface area contributed by atoms with E-state index in [1.165, 1.54) is 29.8 Å². The third kappa shape index (κ3) is 6.57. The lowest BCUT2D eigenvalue weighted by Gasteiger charge is -2.19. The maximum Gasteiger partial charge on any atom is 0.354 e. The highest BCUT2D eigenvalue weighted by Gasteiger charge is 2.30. The smallest absolute Gasteiger partial charge is 0.354 e. The SMILES string of the molecule is COC(=O)c1c(C)c2c3c(Cl)ccc2n1CCCOc1cc(cc2cc(F)ccc12)SCc1cc(nn1C)CN(S(C)(=O)=O)Cc1nn(C)c(C)c1-3. The number of hydrogen-bond donors (Lipinski definition) is 0. The van der Waals surface area contributed by atoms with Crippen molar-refractivity contribution in [3.63, 3.8) is 0 Å². The fourth-order valence-corrected chi connectivity index (χ4v) is 8.99. The minimum atomic E-state index is -3.74. The van der Waals surface area contributed by atoms with Crippen LogP contribution in [0, 0.1) is 19.7 Å². The second-order valence-corrected chi connectivity index (χ2v) is 16.5. The molecule has 0 radical (unpaired) electrons. The number of benzene rings is 3. The predicted molar refractivity (Wildman–Crippen MR) is 201 cm³/mol. The number of hydrogen-bond acceptors (Lipinski definition) is 8. The standard InChI is InChI=1S/C37H38ClFN6O5S2/c1-21-33-31-11-10-29(38)35(33)34-22(2)42(3)41-30(34)19-44(52(6,47)48)18-25-16-26(43(4)40-25)20-51-27-15-23-14-24(39)8-9-28(23)32(17-27)50-13-7-12-45(31)36(21)37(46)49-5/h8-11,14-17H,7,12-13,18-20H2,1-6H3. The molecular weight excluding hydrogens is 727 g/mol. The van der Waals surface area contributed by atoms with Gasteiger partial charge >= 0.3 is 5.97 Å². The number of halogens is 2. The monoisotopic (exact) mass is 764 g/mol. The Hall–Kier alpha value is -4.37. The molecule has 6 aromatic rings. The molecule has 3 aromatic carbocycles. The van der Waals surface area contributed by atoms with Gasteiger partial charge in [-0.2, -0.15) is 14.5 Å². The van der Waals surface area contributed by atoms with E-state index in [2.05, 4.69) is 5.10 Å². The molecule has 1 aliphatic heterocycles. The van der Waals surface area contributed by atoms with E-state index in [0.29, 0.717) is 75.3 Å². The number of methoxy groups -OCH3 is 1. The van der Waals surface area contributed by atoms with E-state index in [0.717, 1.165) is 32.6 Å². The van der Waals surface area contributed by atoms with Crippen LogP contribution in [0.15, 0.2) is 53.4 Å². The van der Waals surface area contributed by atoms with E-state index in [1.807, 2.05) is 49.7 Å². The van der Waals surface area contributed by atoms with Gasteiger partial charge in [-0.3, -0.25) is 9.36 Å². The summed E-state index contributed by atoms with van der Waals surface area (Å²) >= 11 is 8.58. The van der Waals surface area contributed by atoms with E-state index < -0.39 is 16.0 Å². The minimum Gasteiger partial charge on any atom is -0.493 e. The Morgan fingerprint density at radius 3 is 2.56 bits per heavy atom. The molecule has 0 aliphatic carbocycles. The highest BCUT2D eigenvalue weighted by Crippen LogP contribution is 2.43. The second-order valence-electron chi connectivity index (χ2n) is 13.0. The van der Waals surface area contributed by atoms with Gasteiger partial charge in [0.2, 0.25) is 10.0 Å². The molecule has 15 heteroatoms. The molecule has 1 aliphatic rings. The van der Waals surface area contributed by atoms with Gasteiger partial charge in [0.05, 0.1) is 44.4 Å². The average molecular weight is 765 g/mol. The zero-order valence-electron chi connectivity index (χ0n) is 29.7. The molecule has 52 heavy (non-hydrogen) atoms. The number of fused-ring (bicyclic) bond motifs is 8. The van der Waals surface area contributed by atoms with Crippen LogP contribution in [0.25, 0.3) is 32.8 Å². The van der Waals surface area contributed by atoms with Gasteiger partial charge in [-0.25, -0.2) is 17.6 Å². The van der Waals surface area contributed by atoms with Crippen LogP contribution in [-0.4, -0.2) is 62.8 Å². The van der Waals surface area contributed by atoms with Gasteiger partial charge in [0.25, 0.3) is 0 Å². The van der Waals surface area contributed by atoms with Gasteiger partial charge in [-0.15, -0.1) is 11.8 Å². The zero-order chi connectivity index (χ0) is 37.1. The number of aromatic nitrogens is 5. The van der Waals surface area contributed by atoms with Gasteiger partial charge in [-0.1, -0.05) is 11.6 Å². The van der Waals surface area contributed by atoms with Crippen molar-refractivity contribution in [2.75, 3.05) is 20.0 Å². The molecule has 0 unspecified atom stereocenters. The van der Waals surface area contributed by atoms with Crippen molar-refractivity contribution in [1.82, 2.24) is 28.4 Å². The fraction of sp³-hybridized carbons (Fsp3) is 0.324. The van der Waals surface area contributed by atoms with Crippen molar-refractivity contribution in [2.45, 2.75) is 50.6 Å². The number of thioether (sulfide) groups is 1. The number of aryl methyl sites for hydroxylation is 4. The maximum atomic E-state index is 14.4. The van der Waals surface area contributed by atoms with E-state index in [1.54, 1.807) is 40.3 Å². The lowest BCUT2D eigenvalue weighted by molar-refractivity contribution is 0.0587. The third-order valence-corrected chi connectivity index (χ3v) is 12.2. The van der Waals surface area contributed by atoms with Crippen LogP contribution in [0.2, 0.25) is 5.02 Å². The number of carbonyl (C=O) groups is 1. The van der Waals surface area contributed by atoms with Crippen molar-refractivity contribution in [2.24, 2.45) is 14.1 Å². The summed E-state index contributed by atoms with van der Waals surface area (Å²) in [6.07, 6.45) is 1.70. The first-order valence-electron chi connectivity index (χ1n) is 16.6. The van der Waals surface area contributed by atoms with E-state index in [-0.39, 0.29) is 18.9 Å². The van der Waals surface area contributed by atoms with E-state index >= 15 is 0 Å². The van der Waals surface area contributed by atoms with Crippen LogP contribution in [0.4, 0.5) is 4.39 Å². The van der Waals surface area contributed by atoms with E-state index in [4.69, 9.17) is 26.2 Å². The Balaban J connectivity index is 1.43. The first-order chi connectivity index (χ1) is 24.7. The molecule has 11 nitrogen and oxygen atoms in total. The Morgan fingerprint density at radius 2 is 1.81 bits per heavy atom. The Kier molecular flexibility index (Phi) is 9.61. The Labute approximate surface area is 310 Å². The molecule has 7 rings (SSSR count). The molecule has 0 saturated heterocycles. The zero-order valence-corrected chi connectivity index (χ0v) is 32.0. The average Bonchev–Trinajstić information content (AvgIpc) is 3.69. The minimum absolute atomic E-state index is 0.0134. The number of sulfonamides is 1. The fourth-order valence-electron chi connectivity index (χ4n) is 7.03. The highest BCUT2D eigenvalue weighted by atomic mass is 35.5. The third-order valence-electron chi connectivity index (χ3n) is 9.64. The molecule has 0 fully saturated rings. The molecule has 0 amide bonds. The highest BCUT2D eigenvalue weighted by molar-refractivity contribution is 7.98. The normalized spacial score (nSPS) is 14.7. The first-order valence-corrected chi connectivity index (χ1v) is 19.8. The maximum absolute atomic E-state index is 14.4. The number of rotatable bonds is 2. The van der Waals surface area contributed by atoms with Crippen LogP contribution in [-0.2, 0) is 54.2 Å². The molecule has 0 saturated carbocycles. The molecule has 0 spiro atoms. The van der Waals surface area contributed by atoms with Gasteiger partial charge in [0, 0.05) is 75.1 Å². The number of ether oxygens (including phenoxy) is 2. The Bertz CT molecular complexity index is 2510. The predicted octanol–water partition coefficient (Wildman–Crippen LogP) is 7.16. The molecule has 272 valence electrons. The van der Waals surface area contributed by atoms with E-state index in [9.17, 15) is 17.6 Å². The van der Waals surface area contributed by atoms with Crippen molar-refractivity contribution >= 4 is 61.0 Å². The first kappa shape index (κ1) is 36.0. The Morgan fingerprint density at radius 1 is 1.02 bits per heavy atom. The molecular formula is C37H38ClFN6O5S2. The summed E-state index contributed by atoms with van der Waals surface area (Å²) in [4.78, 5) is 14.3. The summed E-state index contributed by atoms with van der Waals surface area (Å²) in [7, 11) is 1.24. The van der Waals surface area contributed by atoms with Crippen LogP contribution >= 0.6 is 23.4 Å². The van der Waals surface area contributed by atoms with Crippen LogP contribution < -0.4 is 4.74 Å². The molecule has 3 aromatic heterocycles. The number of nitrogens with zero attached hydrogens (tertiary/aromatic N) is 6. The number of carbonyl (C=O) groups excluding carboxylic acids is 1. The van der Waals surface area contributed by atoms with Gasteiger partial charge in [-0.05, 0) is 79.7 Å². The summed E-state index contributed by atoms with van der Waals surface area (Å²) < 4.78 is 59.5. The second kappa shape index (κ2) is 13.9. The van der Waals surface area contributed by atoms with Crippen LogP contribution in [0.5, 0.6) is 5.75 Å². The van der Waals surface area contributed by atoms with Crippen LogP contribution in [0.3, 0.4) is 0 Å². The topological polar surface area (TPSA) is 113 Å². The van der Waals surface area contributed by atoms with Crippen molar-refractivity contribution in [3.8, 4) is 16.9 Å². The van der Waals surface area contributed by atoms with Crippen LogP contribution in [0.1, 0.15) is 45.2 Å². The summed E-state index contributed by atoms with van der Waals surface area (Å²) in [5.41, 5.74) is 5.92. The molecule has 4 heterocycles. The van der Waals surface area contributed by atoms with Gasteiger partial charge in [0.1, 0.15) is 17.3 Å².